The van der Waals surface area contributed by atoms with Gasteiger partial charge in [-0.15, -0.1) is 0 Å². The molecule has 0 fully saturated rings. The number of pyridine rings is 1. The zero-order valence-corrected chi connectivity index (χ0v) is 7.30. The molecule has 3 heteroatoms. The van der Waals surface area contributed by atoms with E-state index in [-0.39, 0.29) is 11.0 Å². The molecule has 0 radical (unpaired) electrons. The number of aryl methyl sites for hydroxylation is 1. The fourth-order valence-electron chi connectivity index (χ4n) is 1.81. The van der Waals surface area contributed by atoms with Crippen LogP contribution in [-0.4, -0.2) is 11.3 Å². The fourth-order valence-corrected chi connectivity index (χ4v) is 1.81. The van der Waals surface area contributed by atoms with E-state index in [0.29, 0.717) is 6.29 Å². The van der Waals surface area contributed by atoms with Crippen LogP contribution in [-0.2, 0) is 12.8 Å². The van der Waals surface area contributed by atoms with E-state index in [2.05, 4.69) is 4.98 Å². The predicted molar refractivity (Wildman–Crippen MR) is 49.1 cm³/mol. The molecule has 0 saturated heterocycles. The first-order valence-electron chi connectivity index (χ1n) is 4.51. The number of rotatable bonds is 1. The molecule has 1 aromatic heterocycles. The number of aldehydes is 1. The van der Waals surface area contributed by atoms with Gasteiger partial charge in [0.25, 0.3) is 0 Å². The Hall–Kier alpha value is -1.38. The van der Waals surface area contributed by atoms with Crippen LogP contribution in [0.25, 0.3) is 0 Å². The second-order valence-electron chi connectivity index (χ2n) is 3.36. The largest absolute Gasteiger partial charge is 0.364 e. The maximum Gasteiger partial charge on any atom is 0.195 e. The average molecular weight is 177 g/mol. The predicted octanol–water partition coefficient (Wildman–Crippen LogP) is 1.07. The second-order valence-corrected chi connectivity index (χ2v) is 3.36. The number of hydrogen-bond acceptors (Lipinski definition) is 2. The van der Waals surface area contributed by atoms with Gasteiger partial charge in [0.1, 0.15) is 0 Å². The van der Waals surface area contributed by atoms with Crippen molar-refractivity contribution in [3.05, 3.63) is 33.2 Å². The summed E-state index contributed by atoms with van der Waals surface area (Å²) in [4.78, 5) is 25.1. The Kier molecular flexibility index (Phi) is 2.00. The van der Waals surface area contributed by atoms with Gasteiger partial charge in [0, 0.05) is 17.5 Å². The zero-order chi connectivity index (χ0) is 9.26. The van der Waals surface area contributed by atoms with Crippen molar-refractivity contribution in [2.24, 2.45) is 0 Å². The number of fused-ring (bicyclic) bond motifs is 1. The lowest BCUT2D eigenvalue weighted by Crippen LogP contribution is -2.20. The first-order valence-corrected chi connectivity index (χ1v) is 4.51. The highest BCUT2D eigenvalue weighted by molar-refractivity contribution is 5.74. The van der Waals surface area contributed by atoms with Crippen LogP contribution in [0, 0.1) is 0 Å². The minimum Gasteiger partial charge on any atom is -0.364 e. The van der Waals surface area contributed by atoms with Crippen LogP contribution in [0.4, 0.5) is 0 Å². The highest BCUT2D eigenvalue weighted by Gasteiger charge is 2.14. The summed E-state index contributed by atoms with van der Waals surface area (Å²) in [5.74, 6) is 0. The highest BCUT2D eigenvalue weighted by atomic mass is 16.1. The van der Waals surface area contributed by atoms with Crippen molar-refractivity contribution in [2.75, 3.05) is 0 Å². The first-order chi connectivity index (χ1) is 6.33. The third-order valence-corrected chi connectivity index (χ3v) is 2.53. The maximum absolute atomic E-state index is 11.6. The van der Waals surface area contributed by atoms with E-state index in [4.69, 9.17) is 0 Å². The summed E-state index contributed by atoms with van der Waals surface area (Å²) in [6.07, 6.45) is 6.06. The smallest absolute Gasteiger partial charge is 0.195 e. The SMILES string of the molecule is O=Cc1c[nH]c2c(c1=O)CCCC2. The van der Waals surface area contributed by atoms with Gasteiger partial charge in [0.05, 0.1) is 5.56 Å². The molecule has 1 aliphatic rings. The molecule has 68 valence electrons. The van der Waals surface area contributed by atoms with Crippen molar-refractivity contribution in [1.82, 2.24) is 4.98 Å². The normalized spacial score (nSPS) is 15.1. The van der Waals surface area contributed by atoms with Gasteiger partial charge in [-0.25, -0.2) is 0 Å². The van der Waals surface area contributed by atoms with Crippen molar-refractivity contribution in [2.45, 2.75) is 25.7 Å². The standard InChI is InChI=1S/C10H11NO2/c12-6-7-5-11-9-4-2-1-3-8(9)10(7)13/h5-6H,1-4H2,(H,11,13). The second kappa shape index (κ2) is 3.17. The lowest BCUT2D eigenvalue weighted by atomic mass is 9.95. The van der Waals surface area contributed by atoms with Gasteiger partial charge in [0.2, 0.25) is 0 Å². The van der Waals surface area contributed by atoms with Crippen LogP contribution >= 0.6 is 0 Å². The Morgan fingerprint density at radius 1 is 1.31 bits per heavy atom. The van der Waals surface area contributed by atoms with Gasteiger partial charge < -0.3 is 4.98 Å². The zero-order valence-electron chi connectivity index (χ0n) is 7.30. The molecule has 13 heavy (non-hydrogen) atoms. The van der Waals surface area contributed by atoms with E-state index in [9.17, 15) is 9.59 Å². The Morgan fingerprint density at radius 3 is 2.85 bits per heavy atom. The number of carbonyl (C=O) groups excluding carboxylic acids is 1. The van der Waals surface area contributed by atoms with E-state index in [1.807, 2.05) is 0 Å². The molecule has 3 nitrogen and oxygen atoms in total. The summed E-state index contributed by atoms with van der Waals surface area (Å²) in [6.45, 7) is 0. The van der Waals surface area contributed by atoms with Crippen LogP contribution in [0.3, 0.4) is 0 Å². The van der Waals surface area contributed by atoms with E-state index in [1.165, 1.54) is 6.20 Å². The van der Waals surface area contributed by atoms with Gasteiger partial charge >= 0.3 is 0 Å². The summed E-state index contributed by atoms with van der Waals surface area (Å²) in [7, 11) is 0. The molecule has 1 N–H and O–H groups in total. The van der Waals surface area contributed by atoms with Crippen LogP contribution < -0.4 is 5.43 Å². The Labute approximate surface area is 75.8 Å². The molecule has 0 aromatic carbocycles. The number of aromatic nitrogens is 1. The van der Waals surface area contributed by atoms with Gasteiger partial charge in [-0.3, -0.25) is 9.59 Å². The number of carbonyl (C=O) groups is 1. The van der Waals surface area contributed by atoms with Crippen LogP contribution in [0.1, 0.15) is 34.5 Å². The Balaban J connectivity index is 2.61. The van der Waals surface area contributed by atoms with Crippen molar-refractivity contribution >= 4 is 6.29 Å². The van der Waals surface area contributed by atoms with E-state index in [0.717, 1.165) is 36.9 Å². The average Bonchev–Trinajstić information content (AvgIpc) is 2.19. The van der Waals surface area contributed by atoms with E-state index >= 15 is 0 Å². The summed E-state index contributed by atoms with van der Waals surface area (Å²) < 4.78 is 0. The quantitative estimate of drug-likeness (QED) is 0.652. The molecule has 0 atom stereocenters. The van der Waals surface area contributed by atoms with E-state index in [1.54, 1.807) is 0 Å². The van der Waals surface area contributed by atoms with Crippen molar-refractivity contribution in [3.63, 3.8) is 0 Å². The minimum atomic E-state index is -0.0801. The topological polar surface area (TPSA) is 49.9 Å². The molecule has 0 unspecified atom stereocenters. The van der Waals surface area contributed by atoms with Crippen LogP contribution in [0.15, 0.2) is 11.0 Å². The lowest BCUT2D eigenvalue weighted by molar-refractivity contribution is 0.112. The Bertz CT molecular complexity index is 392. The molecule has 1 aromatic rings. The molecule has 0 amide bonds. The van der Waals surface area contributed by atoms with E-state index < -0.39 is 0 Å². The van der Waals surface area contributed by atoms with Crippen LogP contribution in [0.5, 0.6) is 0 Å². The molecule has 1 heterocycles. The summed E-state index contributed by atoms with van der Waals surface area (Å²) in [5.41, 5.74) is 2.00. The van der Waals surface area contributed by atoms with Gasteiger partial charge in [0.15, 0.2) is 11.7 Å². The molecule has 0 saturated carbocycles. The van der Waals surface area contributed by atoms with Crippen molar-refractivity contribution in [3.8, 4) is 0 Å². The lowest BCUT2D eigenvalue weighted by Gasteiger charge is -2.14. The fraction of sp³-hybridized carbons (Fsp3) is 0.400. The van der Waals surface area contributed by atoms with Crippen molar-refractivity contribution in [1.29, 1.82) is 0 Å². The molecular weight excluding hydrogens is 166 g/mol. The summed E-state index contributed by atoms with van der Waals surface area (Å²) >= 11 is 0. The first kappa shape index (κ1) is 8.23. The van der Waals surface area contributed by atoms with Crippen LogP contribution in [0.2, 0.25) is 0 Å². The molecular formula is C10H11NO2. The van der Waals surface area contributed by atoms with Gasteiger partial charge in [-0.2, -0.15) is 0 Å². The monoisotopic (exact) mass is 177 g/mol. The number of aromatic amines is 1. The van der Waals surface area contributed by atoms with Gasteiger partial charge in [-0.1, -0.05) is 0 Å². The number of nitrogens with one attached hydrogen (secondary N) is 1. The molecule has 2 rings (SSSR count). The molecule has 1 aliphatic carbocycles. The van der Waals surface area contributed by atoms with Crippen molar-refractivity contribution < 1.29 is 4.79 Å². The third-order valence-electron chi connectivity index (χ3n) is 2.53. The summed E-state index contributed by atoms with van der Waals surface area (Å²) in [6, 6.07) is 0. The molecule has 0 aliphatic heterocycles. The maximum atomic E-state index is 11.6. The van der Waals surface area contributed by atoms with Gasteiger partial charge in [-0.05, 0) is 25.7 Å². The molecule has 0 spiro atoms. The number of H-pyrrole nitrogens is 1. The minimum absolute atomic E-state index is 0.0801. The Morgan fingerprint density at radius 2 is 2.08 bits per heavy atom. The highest BCUT2D eigenvalue weighted by Crippen LogP contribution is 2.15. The summed E-state index contributed by atoms with van der Waals surface area (Å²) in [5, 5.41) is 0. The third kappa shape index (κ3) is 1.30. The molecule has 0 bridgehead atoms. The number of hydrogen-bond donors (Lipinski definition) is 1.